The molecule has 0 aromatic carbocycles. The summed E-state index contributed by atoms with van der Waals surface area (Å²) < 4.78 is 0. The van der Waals surface area contributed by atoms with Crippen LogP contribution >= 0.6 is 0 Å². The molecule has 0 heterocycles. The summed E-state index contributed by atoms with van der Waals surface area (Å²) in [6, 6.07) is 1.50. The van der Waals surface area contributed by atoms with E-state index in [2.05, 4.69) is 67.2 Å². The summed E-state index contributed by atoms with van der Waals surface area (Å²) in [6.07, 6.45) is 9.74. The average molecular weight is 340 g/mol. The molecular weight excluding hydrogens is 290 g/mol. The van der Waals surface area contributed by atoms with Crippen LogP contribution in [0.2, 0.25) is 0 Å². The van der Waals surface area contributed by atoms with Crippen molar-refractivity contribution in [3.63, 3.8) is 0 Å². The van der Waals surface area contributed by atoms with Gasteiger partial charge in [0.15, 0.2) is 0 Å². The molecule has 0 aromatic rings. The van der Waals surface area contributed by atoms with Gasteiger partial charge < -0.3 is 0 Å². The zero-order valence-electron chi connectivity index (χ0n) is 18.6. The molecule has 1 rings (SSSR count). The summed E-state index contributed by atoms with van der Waals surface area (Å²) in [5.41, 5.74) is 0. The lowest BCUT2D eigenvalue weighted by Gasteiger charge is -2.39. The molecular formula is C23H49N. The van der Waals surface area contributed by atoms with E-state index in [1.165, 1.54) is 51.5 Å². The minimum atomic E-state index is 0.748. The first-order chi connectivity index (χ1) is 11.3. The van der Waals surface area contributed by atoms with Crippen LogP contribution in [0.4, 0.5) is 0 Å². The molecule has 1 fully saturated rings. The van der Waals surface area contributed by atoms with E-state index < -0.39 is 0 Å². The van der Waals surface area contributed by atoms with Crippen LogP contribution in [0, 0.1) is 23.7 Å². The predicted molar refractivity (Wildman–Crippen MR) is 112 cm³/mol. The highest BCUT2D eigenvalue weighted by atomic mass is 15.2. The molecule has 0 aromatic heterocycles. The second-order valence-electron chi connectivity index (χ2n) is 9.04. The first-order valence-electron chi connectivity index (χ1n) is 11.0. The molecule has 2 unspecified atom stereocenters. The molecule has 1 saturated carbocycles. The van der Waals surface area contributed by atoms with Crippen molar-refractivity contribution >= 4 is 0 Å². The van der Waals surface area contributed by atoms with Crippen LogP contribution in [-0.4, -0.2) is 23.5 Å². The molecule has 0 amide bonds. The molecule has 1 heteroatoms. The number of rotatable bonds is 8. The molecule has 24 heavy (non-hydrogen) atoms. The molecule has 1 aliphatic carbocycles. The van der Waals surface area contributed by atoms with Gasteiger partial charge in [-0.05, 0) is 76.0 Å². The minimum Gasteiger partial charge on any atom is -0.298 e. The van der Waals surface area contributed by atoms with E-state index in [4.69, 9.17) is 0 Å². The summed E-state index contributed by atoms with van der Waals surface area (Å²) in [5, 5.41) is 0. The monoisotopic (exact) mass is 339 g/mol. The summed E-state index contributed by atoms with van der Waals surface area (Å²) >= 11 is 0. The fraction of sp³-hybridized carbons (Fsp3) is 1.00. The number of hydrogen-bond donors (Lipinski definition) is 0. The van der Waals surface area contributed by atoms with E-state index in [-0.39, 0.29) is 0 Å². The molecule has 1 aliphatic rings. The lowest BCUT2D eigenvalue weighted by atomic mass is 9.76. The van der Waals surface area contributed by atoms with Crippen LogP contribution in [0.25, 0.3) is 0 Å². The molecule has 146 valence electrons. The quantitative estimate of drug-likeness (QED) is 0.445. The van der Waals surface area contributed by atoms with E-state index in [1.54, 1.807) is 0 Å². The van der Waals surface area contributed by atoms with Crippen molar-refractivity contribution < 1.29 is 0 Å². The summed E-state index contributed by atoms with van der Waals surface area (Å²) in [4.78, 5) is 2.78. The lowest BCUT2D eigenvalue weighted by molar-refractivity contribution is 0.0968. The van der Waals surface area contributed by atoms with Gasteiger partial charge in [0, 0.05) is 18.6 Å². The Balaban J connectivity index is 0.000000922. The molecule has 0 spiro atoms. The van der Waals surface area contributed by atoms with Crippen LogP contribution in [0.15, 0.2) is 0 Å². The van der Waals surface area contributed by atoms with Crippen molar-refractivity contribution in [3.05, 3.63) is 0 Å². The Morgan fingerprint density at radius 1 is 0.708 bits per heavy atom. The third-order valence-electron chi connectivity index (χ3n) is 6.43. The van der Waals surface area contributed by atoms with Crippen LogP contribution in [0.5, 0.6) is 0 Å². The van der Waals surface area contributed by atoms with Gasteiger partial charge in [0.2, 0.25) is 0 Å². The van der Waals surface area contributed by atoms with E-state index in [0.717, 1.165) is 35.8 Å². The van der Waals surface area contributed by atoms with Crippen molar-refractivity contribution in [3.8, 4) is 0 Å². The van der Waals surface area contributed by atoms with Crippen LogP contribution in [-0.2, 0) is 0 Å². The standard InChI is InChI=1S/C18H37N.C5H12/c1-7-15(5)19(16(6)8-2)13-17-9-11-18(12-10-17)14(3)4;1-4-5(2)3/h14-18H,7-13H2,1-6H3;5H,4H2,1-3H3. The lowest BCUT2D eigenvalue weighted by Crippen LogP contribution is -2.43. The molecule has 1 nitrogen and oxygen atoms in total. The third-order valence-corrected chi connectivity index (χ3v) is 6.43. The van der Waals surface area contributed by atoms with Crippen molar-refractivity contribution in [1.29, 1.82) is 0 Å². The predicted octanol–water partition coefficient (Wildman–Crippen LogP) is 7.40. The SMILES string of the molecule is CCC(C)C.CCC(C)N(CC1CCC(C(C)C)CC1)C(C)CC. The number of nitrogens with zero attached hydrogens (tertiary/aromatic N) is 1. The molecule has 2 atom stereocenters. The molecule has 0 N–H and O–H groups in total. The molecule has 0 radical (unpaired) electrons. The Morgan fingerprint density at radius 3 is 1.42 bits per heavy atom. The number of hydrogen-bond acceptors (Lipinski definition) is 1. The van der Waals surface area contributed by atoms with Gasteiger partial charge in [0.05, 0.1) is 0 Å². The molecule has 0 aliphatic heterocycles. The van der Waals surface area contributed by atoms with E-state index in [0.29, 0.717) is 0 Å². The van der Waals surface area contributed by atoms with Crippen molar-refractivity contribution in [1.82, 2.24) is 4.90 Å². The Labute approximate surface area is 155 Å². The van der Waals surface area contributed by atoms with Crippen LogP contribution in [0.1, 0.15) is 107 Å². The Bertz CT molecular complexity index is 266. The summed E-state index contributed by atoms with van der Waals surface area (Å²) in [6.45, 7) is 22.3. The maximum absolute atomic E-state index is 2.78. The first kappa shape index (κ1) is 24.0. The Kier molecular flexibility index (Phi) is 13.2. The Hall–Kier alpha value is -0.0400. The highest BCUT2D eigenvalue weighted by molar-refractivity contribution is 4.80. The normalized spacial score (nSPS) is 24.0. The second kappa shape index (κ2) is 13.2. The summed E-state index contributed by atoms with van der Waals surface area (Å²) in [7, 11) is 0. The van der Waals surface area contributed by atoms with Crippen molar-refractivity contribution in [2.24, 2.45) is 23.7 Å². The van der Waals surface area contributed by atoms with Crippen molar-refractivity contribution in [2.45, 2.75) is 119 Å². The van der Waals surface area contributed by atoms with Gasteiger partial charge in [-0.3, -0.25) is 4.90 Å². The van der Waals surface area contributed by atoms with Gasteiger partial charge in [-0.1, -0.05) is 54.9 Å². The highest BCUT2D eigenvalue weighted by Gasteiger charge is 2.27. The van der Waals surface area contributed by atoms with Crippen LogP contribution in [0.3, 0.4) is 0 Å². The first-order valence-corrected chi connectivity index (χ1v) is 11.0. The van der Waals surface area contributed by atoms with Gasteiger partial charge in [-0.15, -0.1) is 0 Å². The van der Waals surface area contributed by atoms with Gasteiger partial charge in [-0.25, -0.2) is 0 Å². The largest absolute Gasteiger partial charge is 0.298 e. The zero-order valence-corrected chi connectivity index (χ0v) is 18.6. The van der Waals surface area contributed by atoms with Gasteiger partial charge in [0.1, 0.15) is 0 Å². The maximum Gasteiger partial charge on any atom is 0.00672 e. The van der Waals surface area contributed by atoms with Crippen LogP contribution < -0.4 is 0 Å². The highest BCUT2D eigenvalue weighted by Crippen LogP contribution is 2.34. The third kappa shape index (κ3) is 9.44. The fourth-order valence-electron chi connectivity index (χ4n) is 3.60. The zero-order chi connectivity index (χ0) is 18.7. The smallest absolute Gasteiger partial charge is 0.00672 e. The van der Waals surface area contributed by atoms with Gasteiger partial charge in [-0.2, -0.15) is 0 Å². The maximum atomic E-state index is 2.78. The van der Waals surface area contributed by atoms with Crippen molar-refractivity contribution in [2.75, 3.05) is 6.54 Å². The summed E-state index contributed by atoms with van der Waals surface area (Å²) in [5.74, 6) is 3.73. The minimum absolute atomic E-state index is 0.748. The van der Waals surface area contributed by atoms with Gasteiger partial charge >= 0.3 is 0 Å². The topological polar surface area (TPSA) is 3.24 Å². The molecule has 0 bridgehead atoms. The Morgan fingerprint density at radius 2 is 1.12 bits per heavy atom. The van der Waals surface area contributed by atoms with E-state index in [1.807, 2.05) is 0 Å². The average Bonchev–Trinajstić information content (AvgIpc) is 2.59. The van der Waals surface area contributed by atoms with E-state index in [9.17, 15) is 0 Å². The molecule has 0 saturated heterocycles. The van der Waals surface area contributed by atoms with Gasteiger partial charge in [0.25, 0.3) is 0 Å². The fourth-order valence-corrected chi connectivity index (χ4v) is 3.60. The van der Waals surface area contributed by atoms with E-state index >= 15 is 0 Å². The second-order valence-corrected chi connectivity index (χ2v) is 9.04.